The number of nitrogens with zero attached hydrogens (tertiary/aromatic N) is 1. The Morgan fingerprint density at radius 3 is 2.63 bits per heavy atom. The van der Waals surface area contributed by atoms with Crippen LogP contribution in [0, 0.1) is 0 Å². The highest BCUT2D eigenvalue weighted by molar-refractivity contribution is 7.89. The summed E-state index contributed by atoms with van der Waals surface area (Å²) in [4.78, 5) is 24.2. The molecule has 146 valence electrons. The molecular formula is C18H22N2O5S2. The Hall–Kier alpha value is -2.23. The van der Waals surface area contributed by atoms with Crippen molar-refractivity contribution in [1.82, 2.24) is 4.31 Å². The average molecular weight is 411 g/mol. The predicted octanol–water partition coefficient (Wildman–Crippen LogP) is 2.50. The highest BCUT2D eigenvalue weighted by Gasteiger charge is 2.20. The third kappa shape index (κ3) is 5.88. The number of amides is 1. The van der Waals surface area contributed by atoms with Crippen LogP contribution in [0.1, 0.15) is 18.9 Å². The third-order valence-electron chi connectivity index (χ3n) is 3.76. The molecule has 0 aliphatic carbocycles. The highest BCUT2D eigenvalue weighted by Crippen LogP contribution is 2.18. The van der Waals surface area contributed by atoms with Gasteiger partial charge in [-0.15, -0.1) is 0 Å². The molecule has 1 N–H and O–H groups in total. The maximum atomic E-state index is 12.2. The Labute approximate surface area is 163 Å². The number of thiophene rings is 1. The van der Waals surface area contributed by atoms with Gasteiger partial charge in [-0.05, 0) is 53.9 Å². The lowest BCUT2D eigenvalue weighted by Gasteiger charge is -2.15. The summed E-state index contributed by atoms with van der Waals surface area (Å²) in [6.45, 7) is 1.47. The summed E-state index contributed by atoms with van der Waals surface area (Å²) in [6.07, 6.45) is -0.249. The number of hydrogen-bond donors (Lipinski definition) is 1. The van der Waals surface area contributed by atoms with E-state index in [0.717, 1.165) is 9.87 Å². The second-order valence-electron chi connectivity index (χ2n) is 6.07. The van der Waals surface area contributed by atoms with Crippen molar-refractivity contribution in [2.24, 2.45) is 0 Å². The van der Waals surface area contributed by atoms with E-state index < -0.39 is 28.0 Å². The molecular weight excluding hydrogens is 388 g/mol. The third-order valence-corrected chi connectivity index (χ3v) is 6.30. The molecule has 0 fully saturated rings. The topological polar surface area (TPSA) is 92.8 Å². The van der Waals surface area contributed by atoms with Gasteiger partial charge in [-0.2, -0.15) is 11.3 Å². The van der Waals surface area contributed by atoms with E-state index in [1.807, 2.05) is 16.8 Å². The molecule has 9 heteroatoms. The van der Waals surface area contributed by atoms with Crippen molar-refractivity contribution < 1.29 is 22.7 Å². The summed E-state index contributed by atoms with van der Waals surface area (Å²) in [5.74, 6) is -0.994. The van der Waals surface area contributed by atoms with Gasteiger partial charge in [0.15, 0.2) is 6.10 Å². The number of ether oxygens (including phenoxy) is 1. The molecule has 0 saturated heterocycles. The van der Waals surface area contributed by atoms with Gasteiger partial charge >= 0.3 is 5.97 Å². The average Bonchev–Trinajstić information content (AvgIpc) is 3.13. The minimum atomic E-state index is -3.61. The van der Waals surface area contributed by atoms with Gasteiger partial charge < -0.3 is 10.1 Å². The number of hydrogen-bond acceptors (Lipinski definition) is 6. The molecule has 1 aromatic carbocycles. The number of carbonyl (C=O) groups excluding carboxylic acids is 2. The van der Waals surface area contributed by atoms with Crippen LogP contribution < -0.4 is 5.32 Å². The van der Waals surface area contributed by atoms with Crippen LogP contribution in [0.15, 0.2) is 46.0 Å². The summed E-state index contributed by atoms with van der Waals surface area (Å²) < 4.78 is 30.6. The molecule has 2 rings (SSSR count). The number of sulfonamides is 1. The zero-order valence-corrected chi connectivity index (χ0v) is 17.0. The van der Waals surface area contributed by atoms with Gasteiger partial charge in [0.05, 0.1) is 4.90 Å². The minimum Gasteiger partial charge on any atom is -0.453 e. The molecule has 7 nitrogen and oxygen atoms in total. The molecule has 0 radical (unpaired) electrons. The first-order chi connectivity index (χ1) is 12.7. The SMILES string of the molecule is C[C@H](OC(=O)CCc1ccsc1)C(=O)Nc1cccc(S(=O)(=O)N(C)C)c1. The van der Waals surface area contributed by atoms with E-state index in [4.69, 9.17) is 4.74 Å². The molecule has 1 heterocycles. The number of benzene rings is 1. The van der Waals surface area contributed by atoms with Crippen LogP contribution in [0.25, 0.3) is 0 Å². The van der Waals surface area contributed by atoms with Crippen LogP contribution in [-0.2, 0) is 30.8 Å². The van der Waals surface area contributed by atoms with Crippen molar-refractivity contribution in [1.29, 1.82) is 0 Å². The van der Waals surface area contributed by atoms with Crippen LogP contribution in [0.2, 0.25) is 0 Å². The van der Waals surface area contributed by atoms with Crippen molar-refractivity contribution >= 4 is 38.9 Å². The molecule has 0 spiro atoms. The highest BCUT2D eigenvalue weighted by atomic mass is 32.2. The fourth-order valence-corrected chi connectivity index (χ4v) is 3.83. The van der Waals surface area contributed by atoms with Crippen LogP contribution in [0.4, 0.5) is 5.69 Å². The van der Waals surface area contributed by atoms with Crippen molar-refractivity contribution in [3.8, 4) is 0 Å². The number of nitrogens with one attached hydrogen (secondary N) is 1. The van der Waals surface area contributed by atoms with E-state index in [1.165, 1.54) is 39.2 Å². The van der Waals surface area contributed by atoms with Crippen molar-refractivity contribution in [2.75, 3.05) is 19.4 Å². The molecule has 0 unspecified atom stereocenters. The molecule has 1 atom stereocenters. The zero-order valence-electron chi connectivity index (χ0n) is 15.3. The monoisotopic (exact) mass is 410 g/mol. The van der Waals surface area contributed by atoms with Crippen molar-refractivity contribution in [3.63, 3.8) is 0 Å². The van der Waals surface area contributed by atoms with Crippen LogP contribution >= 0.6 is 11.3 Å². The van der Waals surface area contributed by atoms with Gasteiger partial charge in [0.1, 0.15) is 0 Å². The first-order valence-electron chi connectivity index (χ1n) is 8.24. The number of rotatable bonds is 8. The largest absolute Gasteiger partial charge is 0.453 e. The van der Waals surface area contributed by atoms with Gasteiger partial charge in [0.25, 0.3) is 5.91 Å². The fourth-order valence-electron chi connectivity index (χ4n) is 2.18. The molecule has 0 aliphatic rings. The van der Waals surface area contributed by atoms with Crippen molar-refractivity contribution in [3.05, 3.63) is 46.7 Å². The Morgan fingerprint density at radius 1 is 1.26 bits per heavy atom. The Kier molecular flexibility index (Phi) is 7.11. The summed E-state index contributed by atoms with van der Waals surface area (Å²) in [5.41, 5.74) is 1.36. The Morgan fingerprint density at radius 2 is 2.00 bits per heavy atom. The number of anilines is 1. The van der Waals surface area contributed by atoms with E-state index in [9.17, 15) is 18.0 Å². The molecule has 2 aromatic rings. The molecule has 0 bridgehead atoms. The minimum absolute atomic E-state index is 0.0608. The van der Waals surface area contributed by atoms with E-state index in [1.54, 1.807) is 17.4 Å². The van der Waals surface area contributed by atoms with Crippen LogP contribution in [0.5, 0.6) is 0 Å². The first kappa shape index (κ1) is 21.1. The quantitative estimate of drug-likeness (QED) is 0.675. The molecule has 0 saturated carbocycles. The normalized spacial score (nSPS) is 12.6. The second-order valence-corrected chi connectivity index (χ2v) is 9.00. The lowest BCUT2D eigenvalue weighted by molar-refractivity contribution is -0.153. The predicted molar refractivity (Wildman–Crippen MR) is 104 cm³/mol. The maximum absolute atomic E-state index is 12.2. The number of esters is 1. The van der Waals surface area contributed by atoms with Gasteiger partial charge in [-0.25, -0.2) is 12.7 Å². The second kappa shape index (κ2) is 9.12. The fraction of sp³-hybridized carbons (Fsp3) is 0.333. The van der Waals surface area contributed by atoms with Crippen LogP contribution in [-0.4, -0.2) is 44.8 Å². The van der Waals surface area contributed by atoms with E-state index in [2.05, 4.69) is 5.32 Å². The molecule has 1 amide bonds. The van der Waals surface area contributed by atoms with E-state index >= 15 is 0 Å². The molecule has 1 aromatic heterocycles. The van der Waals surface area contributed by atoms with Crippen molar-refractivity contribution in [2.45, 2.75) is 30.8 Å². The Bertz CT molecular complexity index is 892. The lowest BCUT2D eigenvalue weighted by Crippen LogP contribution is -2.30. The van der Waals surface area contributed by atoms with Crippen LogP contribution in [0.3, 0.4) is 0 Å². The summed E-state index contributed by atoms with van der Waals surface area (Å²) in [7, 11) is -0.748. The van der Waals surface area contributed by atoms with Gasteiger partial charge in [0.2, 0.25) is 10.0 Å². The first-order valence-corrected chi connectivity index (χ1v) is 10.6. The summed E-state index contributed by atoms with van der Waals surface area (Å²) in [5, 5.41) is 6.46. The number of carbonyl (C=O) groups is 2. The van der Waals surface area contributed by atoms with E-state index in [-0.39, 0.29) is 11.3 Å². The van der Waals surface area contributed by atoms with Gasteiger partial charge in [-0.1, -0.05) is 6.07 Å². The summed E-state index contributed by atoms with van der Waals surface area (Å²) >= 11 is 1.55. The lowest BCUT2D eigenvalue weighted by atomic mass is 10.2. The molecule has 0 aliphatic heterocycles. The summed E-state index contributed by atoms with van der Waals surface area (Å²) in [6, 6.07) is 7.83. The number of aryl methyl sites for hydroxylation is 1. The maximum Gasteiger partial charge on any atom is 0.306 e. The molecule has 27 heavy (non-hydrogen) atoms. The van der Waals surface area contributed by atoms with Gasteiger partial charge in [-0.3, -0.25) is 9.59 Å². The Balaban J connectivity index is 1.93. The smallest absolute Gasteiger partial charge is 0.306 e. The van der Waals surface area contributed by atoms with E-state index in [0.29, 0.717) is 12.1 Å². The standard InChI is InChI=1S/C18H22N2O5S2/c1-13(25-17(21)8-7-14-9-10-26-12-14)18(22)19-15-5-4-6-16(11-15)27(23,24)20(2)3/h4-6,9-13H,7-8H2,1-3H3,(H,19,22)/t13-/m0/s1. The zero-order chi connectivity index (χ0) is 20.0. The van der Waals surface area contributed by atoms with Gasteiger partial charge in [0, 0.05) is 26.2 Å².